The summed E-state index contributed by atoms with van der Waals surface area (Å²) < 4.78 is 1.69. The summed E-state index contributed by atoms with van der Waals surface area (Å²) in [7, 11) is 0. The molecule has 1 N–H and O–H groups in total. The lowest BCUT2D eigenvalue weighted by Crippen LogP contribution is -2.45. The van der Waals surface area contributed by atoms with Crippen molar-refractivity contribution in [2.24, 2.45) is 0 Å². The quantitative estimate of drug-likeness (QED) is 0.840. The predicted molar refractivity (Wildman–Crippen MR) is 103 cm³/mol. The van der Waals surface area contributed by atoms with Crippen LogP contribution in [0.5, 0.6) is 0 Å². The fourth-order valence-corrected chi connectivity index (χ4v) is 4.74. The number of H-pyrrole nitrogens is 1. The van der Waals surface area contributed by atoms with Gasteiger partial charge in [-0.2, -0.15) is 0 Å². The summed E-state index contributed by atoms with van der Waals surface area (Å²) in [4.78, 5) is 34.0. The fourth-order valence-electron chi connectivity index (χ4n) is 4.74. The van der Waals surface area contributed by atoms with E-state index in [1.807, 2.05) is 12.1 Å². The van der Waals surface area contributed by atoms with Gasteiger partial charge in [-0.3, -0.25) is 14.2 Å². The van der Waals surface area contributed by atoms with Crippen LogP contribution in [-0.4, -0.2) is 38.6 Å². The number of aromatic amines is 1. The second kappa shape index (κ2) is 7.74. The van der Waals surface area contributed by atoms with Crippen molar-refractivity contribution in [1.29, 1.82) is 0 Å². The van der Waals surface area contributed by atoms with Gasteiger partial charge in [-0.1, -0.05) is 32.1 Å². The standard InChI is InChI=1S/C20H28N4O2/c25-19-20(26)24(17-9-6-12-21-18(17)22-19)16-10-13-23(14-11-16)15-7-4-2-1-3-5-8-15/h6,9,12,15-16H,1-5,7-8,10-11,13-14H2,(H,21,22,25). The number of piperidine rings is 1. The first kappa shape index (κ1) is 17.5. The molecule has 2 aromatic heterocycles. The zero-order chi connectivity index (χ0) is 17.9. The minimum absolute atomic E-state index is 0.0845. The van der Waals surface area contributed by atoms with Crippen LogP contribution in [0.25, 0.3) is 11.2 Å². The average Bonchev–Trinajstić information content (AvgIpc) is 2.63. The van der Waals surface area contributed by atoms with Crippen LogP contribution >= 0.6 is 0 Å². The number of nitrogens with zero attached hydrogens (tertiary/aromatic N) is 3. The number of hydrogen-bond acceptors (Lipinski definition) is 4. The largest absolute Gasteiger partial charge is 0.317 e. The lowest BCUT2D eigenvalue weighted by molar-refractivity contribution is 0.116. The number of fused-ring (bicyclic) bond motifs is 1. The molecular formula is C20H28N4O2. The van der Waals surface area contributed by atoms with E-state index in [1.165, 1.54) is 44.9 Å². The van der Waals surface area contributed by atoms with Crippen LogP contribution in [0.2, 0.25) is 0 Å². The van der Waals surface area contributed by atoms with Gasteiger partial charge >= 0.3 is 11.1 Å². The van der Waals surface area contributed by atoms with Crippen LogP contribution in [0, 0.1) is 0 Å². The third kappa shape index (κ3) is 3.47. The van der Waals surface area contributed by atoms with E-state index in [4.69, 9.17) is 0 Å². The molecule has 1 aliphatic carbocycles. The first-order chi connectivity index (χ1) is 12.7. The highest BCUT2D eigenvalue weighted by atomic mass is 16.2. The lowest BCUT2D eigenvalue weighted by Gasteiger charge is -2.39. The molecule has 3 heterocycles. The molecule has 6 heteroatoms. The van der Waals surface area contributed by atoms with Crippen LogP contribution in [0.1, 0.15) is 63.8 Å². The van der Waals surface area contributed by atoms with Crippen LogP contribution in [-0.2, 0) is 0 Å². The van der Waals surface area contributed by atoms with Crippen LogP contribution in [0.3, 0.4) is 0 Å². The number of rotatable bonds is 2. The number of likely N-dealkylation sites (tertiary alicyclic amines) is 1. The molecule has 0 aromatic carbocycles. The van der Waals surface area contributed by atoms with Gasteiger partial charge in [0.05, 0.1) is 5.52 Å². The first-order valence-electron chi connectivity index (χ1n) is 10.1. The normalized spacial score (nSPS) is 21.5. The van der Waals surface area contributed by atoms with Crippen molar-refractivity contribution >= 4 is 11.2 Å². The van der Waals surface area contributed by atoms with Crippen LogP contribution in [0.4, 0.5) is 0 Å². The van der Waals surface area contributed by atoms with Gasteiger partial charge < -0.3 is 9.88 Å². The smallest absolute Gasteiger partial charge is 0.301 e. The topological polar surface area (TPSA) is 71.0 Å². The van der Waals surface area contributed by atoms with Crippen molar-refractivity contribution in [2.75, 3.05) is 13.1 Å². The number of hydrogen-bond donors (Lipinski definition) is 1. The summed E-state index contributed by atoms with van der Waals surface area (Å²) in [5.74, 6) is 0. The molecule has 6 nitrogen and oxygen atoms in total. The van der Waals surface area contributed by atoms with Gasteiger partial charge in [0.25, 0.3) is 0 Å². The Labute approximate surface area is 153 Å². The molecule has 2 aliphatic rings. The van der Waals surface area contributed by atoms with Crippen LogP contribution in [0.15, 0.2) is 27.9 Å². The highest BCUT2D eigenvalue weighted by Gasteiger charge is 2.27. The number of nitrogens with one attached hydrogen (secondary N) is 1. The summed E-state index contributed by atoms with van der Waals surface area (Å²) in [5, 5.41) is 0. The molecule has 0 spiro atoms. The molecule has 0 bridgehead atoms. The maximum atomic E-state index is 12.5. The van der Waals surface area contributed by atoms with Gasteiger partial charge in [0.2, 0.25) is 0 Å². The highest BCUT2D eigenvalue weighted by Crippen LogP contribution is 2.28. The summed E-state index contributed by atoms with van der Waals surface area (Å²) in [6.07, 6.45) is 12.9. The Kier molecular flexibility index (Phi) is 5.20. The van der Waals surface area contributed by atoms with Crippen molar-refractivity contribution < 1.29 is 0 Å². The second-order valence-corrected chi connectivity index (χ2v) is 7.77. The lowest BCUT2D eigenvalue weighted by atomic mass is 9.93. The second-order valence-electron chi connectivity index (χ2n) is 7.77. The number of pyridine rings is 1. The Hall–Kier alpha value is -1.95. The van der Waals surface area contributed by atoms with Crippen LogP contribution < -0.4 is 11.1 Å². The third-order valence-electron chi connectivity index (χ3n) is 6.15. The maximum Gasteiger partial charge on any atom is 0.317 e. The van der Waals surface area contributed by atoms with E-state index in [0.717, 1.165) is 31.4 Å². The summed E-state index contributed by atoms with van der Waals surface area (Å²) in [6.45, 7) is 2.02. The monoisotopic (exact) mass is 356 g/mol. The van der Waals surface area contributed by atoms with Crippen molar-refractivity contribution in [1.82, 2.24) is 19.4 Å². The molecule has 0 radical (unpaired) electrons. The SMILES string of the molecule is O=c1[nH]c2ncccc2n(C2CCN(C3CCCCCCC3)CC2)c1=O. The van der Waals surface area contributed by atoms with Gasteiger partial charge in [0.1, 0.15) is 0 Å². The van der Waals surface area contributed by atoms with E-state index in [9.17, 15) is 9.59 Å². The minimum atomic E-state index is -0.571. The van der Waals surface area contributed by atoms with Gasteiger partial charge in [-0.25, -0.2) is 4.98 Å². The third-order valence-corrected chi connectivity index (χ3v) is 6.15. The molecular weight excluding hydrogens is 328 g/mol. The highest BCUT2D eigenvalue weighted by molar-refractivity contribution is 5.69. The maximum absolute atomic E-state index is 12.5. The minimum Gasteiger partial charge on any atom is -0.301 e. The zero-order valence-electron chi connectivity index (χ0n) is 15.3. The fraction of sp³-hybridized carbons (Fsp3) is 0.650. The molecule has 4 rings (SSSR count). The molecule has 26 heavy (non-hydrogen) atoms. The van der Waals surface area contributed by atoms with Crippen molar-refractivity contribution in [3.63, 3.8) is 0 Å². The average molecular weight is 356 g/mol. The van der Waals surface area contributed by atoms with Crippen molar-refractivity contribution in [3.8, 4) is 0 Å². The Morgan fingerprint density at radius 2 is 1.62 bits per heavy atom. The zero-order valence-corrected chi connectivity index (χ0v) is 15.3. The van der Waals surface area contributed by atoms with Crippen molar-refractivity contribution in [3.05, 3.63) is 39.0 Å². The van der Waals surface area contributed by atoms with Gasteiger partial charge in [0, 0.05) is 31.4 Å². The summed E-state index contributed by atoms with van der Waals surface area (Å²) in [5.41, 5.74) is 0.217. The summed E-state index contributed by atoms with van der Waals surface area (Å²) >= 11 is 0. The summed E-state index contributed by atoms with van der Waals surface area (Å²) in [6, 6.07) is 4.48. The Bertz CT molecular complexity index is 856. The van der Waals surface area contributed by atoms with E-state index in [2.05, 4.69) is 14.9 Å². The van der Waals surface area contributed by atoms with E-state index in [0.29, 0.717) is 11.7 Å². The first-order valence-corrected chi connectivity index (χ1v) is 10.1. The van der Waals surface area contributed by atoms with E-state index in [1.54, 1.807) is 10.8 Å². The predicted octanol–water partition coefficient (Wildman–Crippen LogP) is 2.83. The Morgan fingerprint density at radius 1 is 0.923 bits per heavy atom. The molecule has 140 valence electrons. The van der Waals surface area contributed by atoms with E-state index >= 15 is 0 Å². The van der Waals surface area contributed by atoms with Gasteiger partial charge in [-0.05, 0) is 37.8 Å². The molecule has 1 aliphatic heterocycles. The van der Waals surface area contributed by atoms with Gasteiger partial charge in [-0.15, -0.1) is 0 Å². The molecule has 2 fully saturated rings. The number of aromatic nitrogens is 3. The van der Waals surface area contributed by atoms with E-state index < -0.39 is 11.1 Å². The molecule has 2 aromatic rings. The van der Waals surface area contributed by atoms with Gasteiger partial charge in [0.15, 0.2) is 5.65 Å². The molecule has 0 atom stereocenters. The Balaban J connectivity index is 1.53. The Morgan fingerprint density at radius 3 is 2.35 bits per heavy atom. The van der Waals surface area contributed by atoms with Crippen molar-refractivity contribution in [2.45, 2.75) is 69.9 Å². The molecule has 0 amide bonds. The molecule has 1 saturated heterocycles. The van der Waals surface area contributed by atoms with E-state index in [-0.39, 0.29) is 6.04 Å². The molecule has 1 saturated carbocycles. The molecule has 0 unspecified atom stereocenters.